The number of aliphatic hydroxyl groups excluding tert-OH is 1. The molecule has 1 aromatic heterocycles. The molecule has 5 heteroatoms. The molecule has 1 rings (SSSR count). The molecule has 0 aliphatic heterocycles. The molecule has 0 amide bonds. The molecule has 0 aromatic carbocycles. The van der Waals surface area contributed by atoms with Crippen molar-refractivity contribution >= 4 is 0 Å². The fraction of sp³-hybridized carbons (Fsp3) is 0.375. The Balaban J connectivity index is 2.85. The van der Waals surface area contributed by atoms with Gasteiger partial charge in [0, 0.05) is 12.4 Å². The molecule has 13 heavy (non-hydrogen) atoms. The van der Waals surface area contributed by atoms with Crippen molar-refractivity contribution in [3.63, 3.8) is 0 Å². The standard InChI is InChI=1S/C8H10F2N2O/c9-8(10,5-13)7(11)6-2-1-3-12-4-6/h1-4,7,13H,5,11H2/t7-/m1/s1. The predicted octanol–water partition coefficient (Wildman–Crippen LogP) is 0.709. The third-order valence-electron chi connectivity index (χ3n) is 1.71. The van der Waals surface area contributed by atoms with Gasteiger partial charge in [0.15, 0.2) is 0 Å². The van der Waals surface area contributed by atoms with Crippen LogP contribution >= 0.6 is 0 Å². The van der Waals surface area contributed by atoms with Crippen molar-refractivity contribution in [2.45, 2.75) is 12.0 Å². The van der Waals surface area contributed by atoms with Gasteiger partial charge in [0.25, 0.3) is 5.92 Å². The molecule has 0 saturated heterocycles. The van der Waals surface area contributed by atoms with Crippen LogP contribution in [0.5, 0.6) is 0 Å². The minimum Gasteiger partial charge on any atom is -0.390 e. The lowest BCUT2D eigenvalue weighted by atomic mass is 10.0. The van der Waals surface area contributed by atoms with Crippen LogP contribution in [0.4, 0.5) is 8.78 Å². The van der Waals surface area contributed by atoms with E-state index < -0.39 is 18.6 Å². The quantitative estimate of drug-likeness (QED) is 0.734. The minimum atomic E-state index is -3.30. The first kappa shape index (κ1) is 10.0. The first-order valence-corrected chi connectivity index (χ1v) is 3.72. The van der Waals surface area contributed by atoms with Crippen LogP contribution in [0.1, 0.15) is 11.6 Å². The van der Waals surface area contributed by atoms with Gasteiger partial charge in [0.1, 0.15) is 6.61 Å². The van der Waals surface area contributed by atoms with E-state index >= 15 is 0 Å². The molecule has 3 N–H and O–H groups in total. The average molecular weight is 188 g/mol. The number of hydrogen-bond acceptors (Lipinski definition) is 3. The number of pyridine rings is 1. The zero-order valence-corrected chi connectivity index (χ0v) is 6.82. The highest BCUT2D eigenvalue weighted by atomic mass is 19.3. The lowest BCUT2D eigenvalue weighted by molar-refractivity contribution is -0.0712. The molecule has 0 unspecified atom stereocenters. The normalized spacial score (nSPS) is 14.2. The molecule has 0 radical (unpaired) electrons. The zero-order chi connectivity index (χ0) is 9.90. The highest BCUT2D eigenvalue weighted by Crippen LogP contribution is 2.27. The second kappa shape index (κ2) is 3.76. The van der Waals surface area contributed by atoms with E-state index in [9.17, 15) is 8.78 Å². The molecule has 0 aliphatic carbocycles. The van der Waals surface area contributed by atoms with Crippen molar-refractivity contribution in [3.05, 3.63) is 30.1 Å². The summed E-state index contributed by atoms with van der Waals surface area (Å²) in [7, 11) is 0. The Morgan fingerprint density at radius 2 is 2.31 bits per heavy atom. The largest absolute Gasteiger partial charge is 0.390 e. The first-order chi connectivity index (χ1) is 6.08. The van der Waals surface area contributed by atoms with Gasteiger partial charge < -0.3 is 10.8 Å². The Bertz CT molecular complexity index is 266. The van der Waals surface area contributed by atoms with E-state index in [-0.39, 0.29) is 5.56 Å². The molecule has 0 aliphatic rings. The Hall–Kier alpha value is -1.07. The van der Waals surface area contributed by atoms with Gasteiger partial charge >= 0.3 is 0 Å². The number of halogens is 2. The fourth-order valence-corrected chi connectivity index (χ4v) is 0.902. The molecular weight excluding hydrogens is 178 g/mol. The summed E-state index contributed by atoms with van der Waals surface area (Å²) in [6, 6.07) is 1.45. The maximum absolute atomic E-state index is 12.8. The number of alkyl halides is 2. The summed E-state index contributed by atoms with van der Waals surface area (Å²) in [5.41, 5.74) is 5.44. The lowest BCUT2D eigenvalue weighted by Gasteiger charge is -2.20. The van der Waals surface area contributed by atoms with Crippen molar-refractivity contribution in [1.82, 2.24) is 4.98 Å². The van der Waals surface area contributed by atoms with Crippen molar-refractivity contribution in [2.75, 3.05) is 6.61 Å². The third-order valence-corrected chi connectivity index (χ3v) is 1.71. The molecule has 1 aromatic rings. The molecule has 0 bridgehead atoms. The highest BCUT2D eigenvalue weighted by molar-refractivity contribution is 5.16. The number of hydrogen-bond donors (Lipinski definition) is 2. The molecule has 72 valence electrons. The number of aromatic nitrogens is 1. The predicted molar refractivity (Wildman–Crippen MR) is 43.2 cm³/mol. The smallest absolute Gasteiger partial charge is 0.289 e. The van der Waals surface area contributed by atoms with Crippen molar-refractivity contribution in [1.29, 1.82) is 0 Å². The Labute approximate surface area is 74.2 Å². The molecule has 0 spiro atoms. The summed E-state index contributed by atoms with van der Waals surface area (Å²) in [6.07, 6.45) is 2.72. The summed E-state index contributed by atoms with van der Waals surface area (Å²) in [4.78, 5) is 3.66. The van der Waals surface area contributed by atoms with Gasteiger partial charge in [-0.05, 0) is 11.6 Å². The summed E-state index contributed by atoms with van der Waals surface area (Å²) < 4.78 is 25.7. The van der Waals surface area contributed by atoms with Crippen molar-refractivity contribution < 1.29 is 13.9 Å². The monoisotopic (exact) mass is 188 g/mol. The van der Waals surface area contributed by atoms with E-state index in [1.165, 1.54) is 24.5 Å². The van der Waals surface area contributed by atoms with Crippen LogP contribution < -0.4 is 5.73 Å². The minimum absolute atomic E-state index is 0.210. The first-order valence-electron chi connectivity index (χ1n) is 3.72. The van der Waals surface area contributed by atoms with Crippen LogP contribution in [0.3, 0.4) is 0 Å². The van der Waals surface area contributed by atoms with Gasteiger partial charge in [-0.25, -0.2) is 8.78 Å². The maximum Gasteiger partial charge on any atom is 0.289 e. The Morgan fingerprint density at radius 1 is 1.62 bits per heavy atom. The lowest BCUT2D eigenvalue weighted by Crippen LogP contribution is -2.36. The number of aliphatic hydroxyl groups is 1. The van der Waals surface area contributed by atoms with Gasteiger partial charge in [-0.3, -0.25) is 4.98 Å². The van der Waals surface area contributed by atoms with Gasteiger partial charge in [-0.2, -0.15) is 0 Å². The maximum atomic E-state index is 12.8. The van der Waals surface area contributed by atoms with Crippen LogP contribution in [0.25, 0.3) is 0 Å². The Kier molecular flexibility index (Phi) is 2.90. The van der Waals surface area contributed by atoms with Crippen LogP contribution in [-0.2, 0) is 0 Å². The Morgan fingerprint density at radius 3 is 2.77 bits per heavy atom. The van der Waals surface area contributed by atoms with Crippen LogP contribution in [-0.4, -0.2) is 22.6 Å². The van der Waals surface area contributed by atoms with E-state index in [2.05, 4.69) is 4.98 Å². The van der Waals surface area contributed by atoms with E-state index in [0.717, 1.165) is 0 Å². The number of nitrogens with two attached hydrogens (primary N) is 1. The zero-order valence-electron chi connectivity index (χ0n) is 6.82. The molecule has 0 saturated carbocycles. The van der Waals surface area contributed by atoms with E-state index in [4.69, 9.17) is 10.8 Å². The molecule has 1 heterocycles. The third kappa shape index (κ3) is 2.19. The van der Waals surface area contributed by atoms with Crippen LogP contribution in [0.2, 0.25) is 0 Å². The number of rotatable bonds is 3. The topological polar surface area (TPSA) is 59.1 Å². The number of nitrogens with zero attached hydrogens (tertiary/aromatic N) is 1. The van der Waals surface area contributed by atoms with Crippen molar-refractivity contribution in [3.8, 4) is 0 Å². The van der Waals surface area contributed by atoms with Crippen LogP contribution in [0, 0.1) is 0 Å². The van der Waals surface area contributed by atoms with Gasteiger partial charge in [0.05, 0.1) is 6.04 Å². The molecular formula is C8H10F2N2O. The van der Waals surface area contributed by atoms with Gasteiger partial charge in [0.2, 0.25) is 0 Å². The molecule has 1 atom stereocenters. The summed E-state index contributed by atoms with van der Waals surface area (Å²) in [6.45, 7) is -1.26. The second-order valence-electron chi connectivity index (χ2n) is 2.68. The molecule has 0 fully saturated rings. The summed E-state index contributed by atoms with van der Waals surface area (Å²) in [5, 5.41) is 8.38. The van der Waals surface area contributed by atoms with Gasteiger partial charge in [-0.15, -0.1) is 0 Å². The second-order valence-corrected chi connectivity index (χ2v) is 2.68. The van der Waals surface area contributed by atoms with Crippen molar-refractivity contribution in [2.24, 2.45) is 5.73 Å². The van der Waals surface area contributed by atoms with E-state index in [1.54, 1.807) is 0 Å². The van der Waals surface area contributed by atoms with E-state index in [1.807, 2.05) is 0 Å². The fourth-order valence-electron chi connectivity index (χ4n) is 0.902. The highest BCUT2D eigenvalue weighted by Gasteiger charge is 2.37. The SMILES string of the molecule is N[C@H](c1cccnc1)C(F)(F)CO. The summed E-state index contributed by atoms with van der Waals surface area (Å²) >= 11 is 0. The average Bonchev–Trinajstić information content (AvgIpc) is 2.18. The van der Waals surface area contributed by atoms with Crippen LogP contribution in [0.15, 0.2) is 24.5 Å². The molecule has 3 nitrogen and oxygen atoms in total. The summed E-state index contributed by atoms with van der Waals surface area (Å²) in [5.74, 6) is -3.30. The van der Waals surface area contributed by atoms with Gasteiger partial charge in [-0.1, -0.05) is 6.07 Å². The van der Waals surface area contributed by atoms with E-state index in [0.29, 0.717) is 0 Å².